The number of amides is 2. The van der Waals surface area contributed by atoms with Crippen LogP contribution in [0.3, 0.4) is 0 Å². The molecule has 4 rings (SSSR count). The summed E-state index contributed by atoms with van der Waals surface area (Å²) in [5, 5.41) is 10.5. The normalized spacial score (nSPS) is 10.8. The van der Waals surface area contributed by atoms with Crippen molar-refractivity contribution in [1.82, 2.24) is 25.4 Å². The standard InChI is InChI=1S/C25H26N6O3/c1-16-9-10-19(24(32)30-34-3)13-21(16)29-23-22-17(2)20(14-31(22)28-15-27-23)25(33)26-12-11-18-7-5-4-6-8-18/h4-10,13-15H,11-12H2,1-3H3,(H,26,33)(H,30,32)(H,27,28,29). The fraction of sp³-hybridized carbons (Fsp3) is 0.200. The minimum absolute atomic E-state index is 0.167. The van der Waals surface area contributed by atoms with Gasteiger partial charge >= 0.3 is 0 Å². The van der Waals surface area contributed by atoms with Crippen molar-refractivity contribution in [1.29, 1.82) is 0 Å². The third-order valence-electron chi connectivity index (χ3n) is 5.56. The number of nitrogens with zero attached hydrogens (tertiary/aromatic N) is 3. The lowest BCUT2D eigenvalue weighted by Gasteiger charge is -2.12. The van der Waals surface area contributed by atoms with Crippen molar-refractivity contribution in [3.05, 3.63) is 88.9 Å². The molecule has 4 aromatic rings. The number of rotatable bonds is 8. The fourth-order valence-electron chi connectivity index (χ4n) is 3.72. The van der Waals surface area contributed by atoms with Gasteiger partial charge in [0.25, 0.3) is 11.8 Å². The monoisotopic (exact) mass is 458 g/mol. The van der Waals surface area contributed by atoms with Crippen LogP contribution in [0.4, 0.5) is 11.5 Å². The van der Waals surface area contributed by atoms with Crippen LogP contribution in [0.5, 0.6) is 0 Å². The Morgan fingerprint density at radius 1 is 1.06 bits per heavy atom. The van der Waals surface area contributed by atoms with Gasteiger partial charge in [0.1, 0.15) is 11.8 Å². The smallest absolute Gasteiger partial charge is 0.274 e. The van der Waals surface area contributed by atoms with Crippen LogP contribution in [0.25, 0.3) is 5.52 Å². The van der Waals surface area contributed by atoms with E-state index in [0.29, 0.717) is 34.7 Å². The molecule has 2 aromatic carbocycles. The van der Waals surface area contributed by atoms with Crippen molar-refractivity contribution in [3.8, 4) is 0 Å². The number of carbonyl (C=O) groups is 2. The Kier molecular flexibility index (Phi) is 6.84. The Balaban J connectivity index is 1.57. The molecule has 0 bridgehead atoms. The lowest BCUT2D eigenvalue weighted by atomic mass is 10.1. The number of carbonyl (C=O) groups excluding carboxylic acids is 2. The first kappa shape index (κ1) is 22.9. The van der Waals surface area contributed by atoms with Gasteiger partial charge < -0.3 is 10.6 Å². The molecule has 0 fully saturated rings. The van der Waals surface area contributed by atoms with Crippen LogP contribution >= 0.6 is 0 Å². The van der Waals surface area contributed by atoms with Crippen molar-refractivity contribution < 1.29 is 14.4 Å². The van der Waals surface area contributed by atoms with E-state index in [2.05, 4.69) is 26.2 Å². The number of hydrogen-bond donors (Lipinski definition) is 3. The molecule has 0 unspecified atom stereocenters. The molecule has 9 nitrogen and oxygen atoms in total. The molecule has 3 N–H and O–H groups in total. The van der Waals surface area contributed by atoms with Crippen LogP contribution in [0, 0.1) is 13.8 Å². The van der Waals surface area contributed by atoms with Gasteiger partial charge in [-0.05, 0) is 49.1 Å². The van der Waals surface area contributed by atoms with E-state index in [1.807, 2.05) is 50.2 Å². The first-order valence-corrected chi connectivity index (χ1v) is 10.8. The summed E-state index contributed by atoms with van der Waals surface area (Å²) in [6, 6.07) is 15.3. The molecule has 34 heavy (non-hydrogen) atoms. The van der Waals surface area contributed by atoms with Crippen LogP contribution in [0.15, 0.2) is 61.1 Å². The lowest BCUT2D eigenvalue weighted by molar-refractivity contribution is 0.0537. The van der Waals surface area contributed by atoms with Gasteiger partial charge in [-0.2, -0.15) is 5.10 Å². The molecular weight excluding hydrogens is 432 g/mol. The summed E-state index contributed by atoms with van der Waals surface area (Å²) in [6.45, 7) is 4.32. The van der Waals surface area contributed by atoms with Crippen LogP contribution in [-0.4, -0.2) is 40.1 Å². The Morgan fingerprint density at radius 2 is 1.85 bits per heavy atom. The second-order valence-electron chi connectivity index (χ2n) is 7.85. The van der Waals surface area contributed by atoms with E-state index < -0.39 is 0 Å². The summed E-state index contributed by atoms with van der Waals surface area (Å²) in [7, 11) is 1.38. The van der Waals surface area contributed by atoms with Crippen molar-refractivity contribution in [2.75, 3.05) is 19.0 Å². The second-order valence-corrected chi connectivity index (χ2v) is 7.85. The highest BCUT2D eigenvalue weighted by Gasteiger charge is 2.18. The average Bonchev–Trinajstić information content (AvgIpc) is 3.18. The molecule has 0 aliphatic rings. The SMILES string of the molecule is CONC(=O)c1ccc(C)c(Nc2ncnn3cc(C(=O)NCCc4ccccc4)c(C)c23)c1. The van der Waals surface area contributed by atoms with Crippen LogP contribution in [0.2, 0.25) is 0 Å². The van der Waals surface area contributed by atoms with E-state index in [9.17, 15) is 9.59 Å². The van der Waals surface area contributed by atoms with E-state index >= 15 is 0 Å². The van der Waals surface area contributed by atoms with Crippen LogP contribution in [-0.2, 0) is 11.3 Å². The molecule has 0 aliphatic carbocycles. The number of hydroxylamine groups is 1. The Hall–Kier alpha value is -4.24. The number of nitrogens with one attached hydrogen (secondary N) is 3. The molecule has 2 aromatic heterocycles. The Morgan fingerprint density at radius 3 is 2.62 bits per heavy atom. The van der Waals surface area contributed by atoms with Crippen LogP contribution < -0.4 is 16.1 Å². The quantitative estimate of drug-likeness (QED) is 0.349. The molecule has 0 radical (unpaired) electrons. The van der Waals surface area contributed by atoms with E-state index in [1.54, 1.807) is 22.8 Å². The molecule has 0 spiro atoms. The first-order valence-electron chi connectivity index (χ1n) is 10.8. The van der Waals surface area contributed by atoms with Gasteiger partial charge in [0.05, 0.1) is 12.7 Å². The van der Waals surface area contributed by atoms with Gasteiger partial charge in [-0.25, -0.2) is 15.0 Å². The average molecular weight is 459 g/mol. The van der Waals surface area contributed by atoms with Crippen molar-refractivity contribution in [2.45, 2.75) is 20.3 Å². The van der Waals surface area contributed by atoms with Crippen LogP contribution in [0.1, 0.15) is 37.4 Å². The molecule has 2 heterocycles. The summed E-state index contributed by atoms with van der Waals surface area (Å²) in [4.78, 5) is 34.1. The largest absolute Gasteiger partial charge is 0.352 e. The maximum absolute atomic E-state index is 12.9. The third kappa shape index (κ3) is 4.89. The number of benzene rings is 2. The van der Waals surface area contributed by atoms with Crippen molar-refractivity contribution in [2.24, 2.45) is 0 Å². The van der Waals surface area contributed by atoms with Crippen molar-refractivity contribution in [3.63, 3.8) is 0 Å². The molecule has 0 saturated carbocycles. The van der Waals surface area contributed by atoms with E-state index in [1.165, 1.54) is 13.4 Å². The molecule has 0 aliphatic heterocycles. The highest BCUT2D eigenvalue weighted by Crippen LogP contribution is 2.27. The predicted molar refractivity (Wildman–Crippen MR) is 129 cm³/mol. The molecule has 9 heteroatoms. The maximum Gasteiger partial charge on any atom is 0.274 e. The van der Waals surface area contributed by atoms with Gasteiger partial charge in [-0.15, -0.1) is 0 Å². The molecule has 0 saturated heterocycles. The number of aromatic nitrogens is 3. The minimum Gasteiger partial charge on any atom is -0.352 e. The van der Waals surface area contributed by atoms with Gasteiger partial charge in [-0.1, -0.05) is 36.4 Å². The van der Waals surface area contributed by atoms with Gasteiger partial charge in [0.2, 0.25) is 0 Å². The highest BCUT2D eigenvalue weighted by molar-refractivity contribution is 5.99. The highest BCUT2D eigenvalue weighted by atomic mass is 16.6. The van der Waals surface area contributed by atoms with Gasteiger partial charge in [0, 0.05) is 24.0 Å². The van der Waals surface area contributed by atoms with E-state index in [0.717, 1.165) is 23.1 Å². The Labute approximate surface area is 197 Å². The lowest BCUT2D eigenvalue weighted by Crippen LogP contribution is -2.25. The van der Waals surface area contributed by atoms with Gasteiger partial charge in [-0.3, -0.25) is 14.4 Å². The maximum atomic E-state index is 12.9. The van der Waals surface area contributed by atoms with Gasteiger partial charge in [0.15, 0.2) is 5.82 Å². The number of hydrogen-bond acceptors (Lipinski definition) is 6. The number of aryl methyl sites for hydroxylation is 2. The zero-order valence-electron chi connectivity index (χ0n) is 19.3. The predicted octanol–water partition coefficient (Wildman–Crippen LogP) is 3.35. The summed E-state index contributed by atoms with van der Waals surface area (Å²) in [5.41, 5.74) is 7.51. The fourth-order valence-corrected chi connectivity index (χ4v) is 3.72. The molecular formula is C25H26N6O3. The topological polar surface area (TPSA) is 110 Å². The summed E-state index contributed by atoms with van der Waals surface area (Å²) in [6.07, 6.45) is 3.87. The molecule has 174 valence electrons. The van der Waals surface area contributed by atoms with Crippen molar-refractivity contribution >= 4 is 28.8 Å². The third-order valence-corrected chi connectivity index (χ3v) is 5.56. The molecule has 0 atom stereocenters. The number of fused-ring (bicyclic) bond motifs is 1. The number of anilines is 2. The zero-order valence-corrected chi connectivity index (χ0v) is 19.3. The first-order chi connectivity index (χ1) is 16.5. The minimum atomic E-state index is -0.355. The second kappa shape index (κ2) is 10.1. The Bertz CT molecular complexity index is 1330. The molecule has 2 amide bonds. The summed E-state index contributed by atoms with van der Waals surface area (Å²) >= 11 is 0. The zero-order chi connectivity index (χ0) is 24.1. The van der Waals surface area contributed by atoms with E-state index in [-0.39, 0.29) is 11.8 Å². The van der Waals surface area contributed by atoms with E-state index in [4.69, 9.17) is 4.84 Å². The summed E-state index contributed by atoms with van der Waals surface area (Å²) in [5.74, 6) is 0.00856. The summed E-state index contributed by atoms with van der Waals surface area (Å²) < 4.78 is 1.63.